The minimum atomic E-state index is 0.522. The molecule has 0 radical (unpaired) electrons. The lowest BCUT2D eigenvalue weighted by molar-refractivity contribution is 0.328. The van der Waals surface area contributed by atoms with E-state index >= 15 is 0 Å². The highest BCUT2D eigenvalue weighted by atomic mass is 16.5. The van der Waals surface area contributed by atoms with Gasteiger partial charge in [-0.3, -0.25) is 0 Å². The summed E-state index contributed by atoms with van der Waals surface area (Å²) in [6, 6.07) is 13.4. The van der Waals surface area contributed by atoms with Crippen molar-refractivity contribution in [3.8, 4) is 5.75 Å². The zero-order chi connectivity index (χ0) is 11.9. The Morgan fingerprint density at radius 3 is 2.59 bits per heavy atom. The quantitative estimate of drug-likeness (QED) is 0.824. The van der Waals surface area contributed by atoms with Gasteiger partial charge < -0.3 is 15.8 Å². The molecule has 88 valence electrons. The summed E-state index contributed by atoms with van der Waals surface area (Å²) in [5.74, 6) is 1.64. The number of nitrogens with zero attached hydrogens (tertiary/aromatic N) is 1. The van der Waals surface area contributed by atoms with Crippen molar-refractivity contribution in [3.63, 3.8) is 0 Å². The van der Waals surface area contributed by atoms with Gasteiger partial charge in [-0.25, -0.2) is 4.98 Å². The molecule has 1 aromatic heterocycles. The van der Waals surface area contributed by atoms with E-state index in [-0.39, 0.29) is 0 Å². The zero-order valence-electron chi connectivity index (χ0n) is 9.47. The predicted molar refractivity (Wildman–Crippen MR) is 68.5 cm³/mol. The molecule has 0 atom stereocenters. The summed E-state index contributed by atoms with van der Waals surface area (Å²) >= 11 is 0. The second-order valence-corrected chi connectivity index (χ2v) is 3.50. The second kappa shape index (κ2) is 5.86. The number of ether oxygens (including phenoxy) is 1. The molecular weight excluding hydrogens is 214 g/mol. The average molecular weight is 229 g/mol. The number of nitrogens with two attached hydrogens (primary N) is 1. The fourth-order valence-electron chi connectivity index (χ4n) is 1.40. The Morgan fingerprint density at radius 2 is 1.94 bits per heavy atom. The number of aromatic nitrogens is 1. The fraction of sp³-hybridized carbons (Fsp3) is 0.154. The normalized spacial score (nSPS) is 9.94. The van der Waals surface area contributed by atoms with Crippen molar-refractivity contribution >= 4 is 11.5 Å². The van der Waals surface area contributed by atoms with Crippen LogP contribution in [0.4, 0.5) is 11.5 Å². The van der Waals surface area contributed by atoms with E-state index in [4.69, 9.17) is 10.5 Å². The number of hydrogen-bond acceptors (Lipinski definition) is 4. The fourth-order valence-corrected chi connectivity index (χ4v) is 1.40. The molecule has 1 aromatic carbocycles. The monoisotopic (exact) mass is 229 g/mol. The van der Waals surface area contributed by atoms with E-state index < -0.39 is 0 Å². The van der Waals surface area contributed by atoms with E-state index in [9.17, 15) is 0 Å². The van der Waals surface area contributed by atoms with Crippen LogP contribution >= 0.6 is 0 Å². The number of benzene rings is 1. The Bertz CT molecular complexity index is 442. The Labute approximate surface area is 100 Å². The summed E-state index contributed by atoms with van der Waals surface area (Å²) in [6.45, 7) is 1.06. The Kier molecular flexibility index (Phi) is 3.94. The van der Waals surface area contributed by atoms with Gasteiger partial charge in [0.1, 0.15) is 18.2 Å². The average Bonchev–Trinajstić information content (AvgIpc) is 2.39. The van der Waals surface area contributed by atoms with Gasteiger partial charge in [0.2, 0.25) is 0 Å². The number of hydrogen-bond donors (Lipinski definition) is 2. The van der Waals surface area contributed by atoms with Crippen molar-refractivity contribution in [3.05, 3.63) is 48.7 Å². The highest BCUT2D eigenvalue weighted by Gasteiger charge is 1.96. The molecule has 3 N–H and O–H groups in total. The summed E-state index contributed by atoms with van der Waals surface area (Å²) in [7, 11) is 0. The molecule has 0 aliphatic heterocycles. The van der Waals surface area contributed by atoms with E-state index in [0.29, 0.717) is 13.2 Å². The summed E-state index contributed by atoms with van der Waals surface area (Å²) in [5, 5.41) is 3.20. The van der Waals surface area contributed by atoms with Crippen molar-refractivity contribution in [2.75, 3.05) is 18.5 Å². The summed E-state index contributed by atoms with van der Waals surface area (Å²) in [6.07, 6.45) is 1.75. The Hall–Kier alpha value is -2.07. The van der Waals surface area contributed by atoms with Crippen LogP contribution in [0.2, 0.25) is 0 Å². The summed E-state index contributed by atoms with van der Waals surface area (Å²) < 4.78 is 5.39. The van der Waals surface area contributed by atoms with Crippen molar-refractivity contribution in [2.45, 2.75) is 0 Å². The van der Waals surface area contributed by atoms with Crippen molar-refractivity contribution < 1.29 is 4.74 Å². The molecule has 0 saturated carbocycles. The van der Waals surface area contributed by atoms with Crippen LogP contribution in [0.1, 0.15) is 0 Å². The lowest BCUT2D eigenvalue weighted by Gasteiger charge is -2.07. The topological polar surface area (TPSA) is 60.2 Å². The van der Waals surface area contributed by atoms with Crippen LogP contribution in [0.5, 0.6) is 5.75 Å². The molecule has 0 unspecified atom stereocenters. The first-order valence-electron chi connectivity index (χ1n) is 5.49. The second-order valence-electron chi connectivity index (χ2n) is 3.50. The van der Waals surface area contributed by atoms with Gasteiger partial charge >= 0.3 is 0 Å². The third kappa shape index (κ3) is 3.46. The molecule has 0 spiro atoms. The Balaban J connectivity index is 1.98. The predicted octanol–water partition coefficient (Wildman–Crippen LogP) is 2.16. The third-order valence-corrected chi connectivity index (χ3v) is 2.18. The minimum Gasteiger partial charge on any atom is -0.492 e. The van der Waals surface area contributed by atoms with E-state index in [1.807, 2.05) is 42.5 Å². The molecule has 4 heteroatoms. The standard InChI is InChI=1S/C13H15N3O/c14-8-10-17-12-6-4-11(5-7-12)16-13-3-1-2-9-15-13/h1-7,9H,8,10,14H2,(H,15,16). The maximum Gasteiger partial charge on any atom is 0.130 e. The van der Waals surface area contributed by atoms with E-state index in [0.717, 1.165) is 17.3 Å². The van der Waals surface area contributed by atoms with Crippen LogP contribution in [0, 0.1) is 0 Å². The van der Waals surface area contributed by atoms with Crippen LogP contribution in [0.25, 0.3) is 0 Å². The highest BCUT2D eigenvalue weighted by molar-refractivity contribution is 5.56. The Morgan fingerprint density at radius 1 is 1.12 bits per heavy atom. The smallest absolute Gasteiger partial charge is 0.130 e. The van der Waals surface area contributed by atoms with E-state index in [1.165, 1.54) is 0 Å². The highest BCUT2D eigenvalue weighted by Crippen LogP contribution is 2.18. The molecule has 2 rings (SSSR count). The van der Waals surface area contributed by atoms with Crippen LogP contribution in [-0.2, 0) is 0 Å². The molecule has 0 aliphatic carbocycles. The molecular formula is C13H15N3O. The van der Waals surface area contributed by atoms with Crippen molar-refractivity contribution in [1.82, 2.24) is 4.98 Å². The van der Waals surface area contributed by atoms with Gasteiger partial charge in [-0.1, -0.05) is 6.07 Å². The molecule has 4 nitrogen and oxygen atoms in total. The van der Waals surface area contributed by atoms with Crippen LogP contribution in [-0.4, -0.2) is 18.1 Å². The van der Waals surface area contributed by atoms with Gasteiger partial charge in [0.25, 0.3) is 0 Å². The lowest BCUT2D eigenvalue weighted by atomic mass is 10.3. The van der Waals surface area contributed by atoms with Gasteiger partial charge in [0, 0.05) is 18.4 Å². The molecule has 0 bridgehead atoms. The molecule has 0 saturated heterocycles. The first-order valence-corrected chi connectivity index (χ1v) is 5.49. The van der Waals surface area contributed by atoms with E-state index in [1.54, 1.807) is 6.20 Å². The number of pyridine rings is 1. The SMILES string of the molecule is NCCOc1ccc(Nc2ccccn2)cc1. The molecule has 1 heterocycles. The number of rotatable bonds is 5. The minimum absolute atomic E-state index is 0.522. The number of anilines is 2. The maximum atomic E-state index is 5.39. The largest absolute Gasteiger partial charge is 0.492 e. The maximum absolute atomic E-state index is 5.39. The molecule has 17 heavy (non-hydrogen) atoms. The number of nitrogens with one attached hydrogen (secondary N) is 1. The first-order chi connectivity index (χ1) is 8.38. The zero-order valence-corrected chi connectivity index (χ0v) is 9.47. The summed E-state index contributed by atoms with van der Waals surface area (Å²) in [4.78, 5) is 4.19. The molecule has 0 amide bonds. The van der Waals surface area contributed by atoms with Crippen molar-refractivity contribution in [1.29, 1.82) is 0 Å². The lowest BCUT2D eigenvalue weighted by Crippen LogP contribution is -2.10. The third-order valence-electron chi connectivity index (χ3n) is 2.18. The summed E-state index contributed by atoms with van der Waals surface area (Å²) in [5.41, 5.74) is 6.34. The molecule has 0 fully saturated rings. The molecule has 0 aliphatic rings. The van der Waals surface area contributed by atoms with E-state index in [2.05, 4.69) is 10.3 Å². The van der Waals surface area contributed by atoms with Crippen LogP contribution in [0.15, 0.2) is 48.7 Å². The first kappa shape index (κ1) is 11.4. The van der Waals surface area contributed by atoms with Gasteiger partial charge in [0.15, 0.2) is 0 Å². The van der Waals surface area contributed by atoms with Gasteiger partial charge in [0.05, 0.1) is 0 Å². The van der Waals surface area contributed by atoms with Gasteiger partial charge in [-0.15, -0.1) is 0 Å². The van der Waals surface area contributed by atoms with Crippen LogP contribution in [0.3, 0.4) is 0 Å². The van der Waals surface area contributed by atoms with Crippen LogP contribution < -0.4 is 15.8 Å². The van der Waals surface area contributed by atoms with Crippen molar-refractivity contribution in [2.24, 2.45) is 5.73 Å². The van der Waals surface area contributed by atoms with Gasteiger partial charge in [-0.05, 0) is 36.4 Å². The molecule has 2 aromatic rings. The van der Waals surface area contributed by atoms with Gasteiger partial charge in [-0.2, -0.15) is 0 Å².